The van der Waals surface area contributed by atoms with Crippen molar-refractivity contribution in [2.75, 3.05) is 0 Å². The standard InChI is InChI=1S/C20H14FNO2/c1-2-18-19(24-14-15-7-4-3-5-8-15)11-12-22(20(18)23)17-10-6-9-16(21)13-17/h1,3-13H,14H2. The summed E-state index contributed by atoms with van der Waals surface area (Å²) in [5.41, 5.74) is 1.06. The second-order valence-electron chi connectivity index (χ2n) is 5.13. The molecule has 0 amide bonds. The van der Waals surface area contributed by atoms with Crippen molar-refractivity contribution in [3.05, 3.63) is 94.2 Å². The zero-order valence-corrected chi connectivity index (χ0v) is 12.8. The molecule has 118 valence electrons. The van der Waals surface area contributed by atoms with E-state index in [0.29, 0.717) is 18.0 Å². The van der Waals surface area contributed by atoms with E-state index in [4.69, 9.17) is 11.2 Å². The maximum absolute atomic E-state index is 13.4. The Morgan fingerprint density at radius 3 is 2.58 bits per heavy atom. The molecular formula is C20H14FNO2. The van der Waals surface area contributed by atoms with Crippen LogP contribution in [0.3, 0.4) is 0 Å². The van der Waals surface area contributed by atoms with E-state index in [2.05, 4.69) is 5.92 Å². The van der Waals surface area contributed by atoms with Gasteiger partial charge in [0.25, 0.3) is 5.56 Å². The molecule has 0 aliphatic heterocycles. The minimum absolute atomic E-state index is 0.109. The highest BCUT2D eigenvalue weighted by molar-refractivity contribution is 5.46. The Balaban J connectivity index is 1.94. The van der Waals surface area contributed by atoms with Crippen molar-refractivity contribution in [1.82, 2.24) is 4.57 Å². The molecule has 0 radical (unpaired) electrons. The molecule has 0 fully saturated rings. The molecule has 3 rings (SSSR count). The smallest absolute Gasteiger partial charge is 0.274 e. The minimum atomic E-state index is -0.425. The molecule has 0 spiro atoms. The molecule has 2 aromatic carbocycles. The third-order valence-electron chi connectivity index (χ3n) is 3.52. The topological polar surface area (TPSA) is 31.2 Å². The van der Waals surface area contributed by atoms with Crippen LogP contribution in [0.4, 0.5) is 4.39 Å². The van der Waals surface area contributed by atoms with Gasteiger partial charge in [0.05, 0.1) is 5.69 Å². The number of rotatable bonds is 4. The lowest BCUT2D eigenvalue weighted by Crippen LogP contribution is -2.21. The summed E-state index contributed by atoms with van der Waals surface area (Å²) in [5, 5.41) is 0. The molecule has 24 heavy (non-hydrogen) atoms. The van der Waals surface area contributed by atoms with Gasteiger partial charge in [0.15, 0.2) is 0 Å². The molecule has 1 aromatic heterocycles. The molecule has 0 atom stereocenters. The summed E-state index contributed by atoms with van der Waals surface area (Å²) in [7, 11) is 0. The van der Waals surface area contributed by atoms with Crippen LogP contribution in [0.5, 0.6) is 5.75 Å². The van der Waals surface area contributed by atoms with Crippen LogP contribution < -0.4 is 10.3 Å². The summed E-state index contributed by atoms with van der Waals surface area (Å²) in [6.45, 7) is 0.305. The Kier molecular flexibility index (Phi) is 4.44. The van der Waals surface area contributed by atoms with Crippen molar-refractivity contribution >= 4 is 0 Å². The fourth-order valence-corrected chi connectivity index (χ4v) is 2.34. The summed E-state index contributed by atoms with van der Waals surface area (Å²) >= 11 is 0. The highest BCUT2D eigenvalue weighted by Gasteiger charge is 2.11. The van der Waals surface area contributed by atoms with E-state index in [1.165, 1.54) is 29.0 Å². The Labute approximate surface area is 139 Å². The van der Waals surface area contributed by atoms with Gasteiger partial charge in [0.1, 0.15) is 23.7 Å². The van der Waals surface area contributed by atoms with Gasteiger partial charge in [-0.05, 0) is 29.8 Å². The molecule has 0 saturated carbocycles. The molecule has 0 aliphatic rings. The predicted molar refractivity (Wildman–Crippen MR) is 90.7 cm³/mol. The van der Waals surface area contributed by atoms with Crippen molar-refractivity contribution in [2.24, 2.45) is 0 Å². The minimum Gasteiger partial charge on any atom is -0.487 e. The summed E-state index contributed by atoms with van der Waals surface area (Å²) in [6, 6.07) is 16.9. The number of aromatic nitrogens is 1. The van der Waals surface area contributed by atoms with Gasteiger partial charge in [0, 0.05) is 6.20 Å². The molecule has 4 heteroatoms. The molecule has 0 saturated heterocycles. The number of ether oxygens (including phenoxy) is 1. The summed E-state index contributed by atoms with van der Waals surface area (Å²) < 4.78 is 20.4. The van der Waals surface area contributed by atoms with Gasteiger partial charge in [-0.3, -0.25) is 9.36 Å². The molecule has 0 unspecified atom stereocenters. The Hall–Kier alpha value is -3.32. The van der Waals surface area contributed by atoms with E-state index >= 15 is 0 Å². The first-order valence-corrected chi connectivity index (χ1v) is 7.34. The van der Waals surface area contributed by atoms with Crippen LogP contribution in [-0.4, -0.2) is 4.57 Å². The van der Waals surface area contributed by atoms with E-state index < -0.39 is 11.4 Å². The quantitative estimate of drug-likeness (QED) is 0.689. The Bertz CT molecular complexity index is 955. The summed E-state index contributed by atoms with van der Waals surface area (Å²) in [4.78, 5) is 12.6. The van der Waals surface area contributed by atoms with Crippen molar-refractivity contribution < 1.29 is 9.13 Å². The average molecular weight is 319 g/mol. The van der Waals surface area contributed by atoms with Gasteiger partial charge in [-0.1, -0.05) is 42.3 Å². The normalized spacial score (nSPS) is 10.2. The number of nitrogens with zero attached hydrogens (tertiary/aromatic N) is 1. The maximum atomic E-state index is 13.4. The fourth-order valence-electron chi connectivity index (χ4n) is 2.34. The lowest BCUT2D eigenvalue weighted by molar-refractivity contribution is 0.304. The Morgan fingerprint density at radius 1 is 1.08 bits per heavy atom. The van der Waals surface area contributed by atoms with Crippen molar-refractivity contribution in [3.8, 4) is 23.8 Å². The molecule has 0 aliphatic carbocycles. The fraction of sp³-hybridized carbons (Fsp3) is 0.0500. The van der Waals surface area contributed by atoms with Gasteiger partial charge in [-0.2, -0.15) is 0 Å². The average Bonchev–Trinajstić information content (AvgIpc) is 2.61. The highest BCUT2D eigenvalue weighted by atomic mass is 19.1. The van der Waals surface area contributed by atoms with Crippen molar-refractivity contribution in [3.63, 3.8) is 0 Å². The lowest BCUT2D eigenvalue weighted by atomic mass is 10.2. The third-order valence-corrected chi connectivity index (χ3v) is 3.52. The van der Waals surface area contributed by atoms with E-state index in [0.717, 1.165) is 5.56 Å². The van der Waals surface area contributed by atoms with Crippen LogP contribution in [-0.2, 0) is 6.61 Å². The first-order valence-electron chi connectivity index (χ1n) is 7.34. The lowest BCUT2D eigenvalue weighted by Gasteiger charge is -2.11. The third kappa shape index (κ3) is 3.21. The molecule has 1 heterocycles. The van der Waals surface area contributed by atoms with Gasteiger partial charge >= 0.3 is 0 Å². The number of pyridine rings is 1. The van der Waals surface area contributed by atoms with Gasteiger partial charge in [0.2, 0.25) is 0 Å². The Morgan fingerprint density at radius 2 is 1.88 bits per heavy atom. The van der Waals surface area contributed by atoms with E-state index in [-0.39, 0.29) is 5.56 Å². The second-order valence-corrected chi connectivity index (χ2v) is 5.13. The van der Waals surface area contributed by atoms with E-state index in [1.807, 2.05) is 30.3 Å². The molecule has 3 nitrogen and oxygen atoms in total. The van der Waals surface area contributed by atoms with Gasteiger partial charge in [-0.15, -0.1) is 6.42 Å². The van der Waals surface area contributed by atoms with Crippen LogP contribution in [0.2, 0.25) is 0 Å². The first kappa shape index (κ1) is 15.6. The largest absolute Gasteiger partial charge is 0.487 e. The van der Waals surface area contributed by atoms with Crippen LogP contribution in [0.1, 0.15) is 11.1 Å². The maximum Gasteiger partial charge on any atom is 0.274 e. The number of benzene rings is 2. The summed E-state index contributed by atoms with van der Waals surface area (Å²) in [6.07, 6.45) is 7.01. The van der Waals surface area contributed by atoms with Crippen LogP contribution in [0.25, 0.3) is 5.69 Å². The first-order chi connectivity index (χ1) is 11.7. The van der Waals surface area contributed by atoms with Crippen LogP contribution in [0, 0.1) is 18.2 Å². The number of halogens is 1. The number of hydrogen-bond donors (Lipinski definition) is 0. The van der Waals surface area contributed by atoms with Gasteiger partial charge in [-0.25, -0.2) is 4.39 Å². The number of hydrogen-bond acceptors (Lipinski definition) is 2. The SMILES string of the molecule is C#Cc1c(OCc2ccccc2)ccn(-c2cccc(F)c2)c1=O. The second kappa shape index (κ2) is 6.84. The van der Waals surface area contributed by atoms with Crippen LogP contribution >= 0.6 is 0 Å². The van der Waals surface area contributed by atoms with Crippen molar-refractivity contribution in [1.29, 1.82) is 0 Å². The van der Waals surface area contributed by atoms with E-state index in [9.17, 15) is 9.18 Å². The summed E-state index contributed by atoms with van der Waals surface area (Å²) in [5.74, 6) is 2.28. The van der Waals surface area contributed by atoms with E-state index in [1.54, 1.807) is 12.1 Å². The highest BCUT2D eigenvalue weighted by Crippen LogP contribution is 2.17. The molecule has 0 bridgehead atoms. The zero-order chi connectivity index (χ0) is 16.9. The predicted octanol–water partition coefficient (Wildman–Crippen LogP) is 3.54. The zero-order valence-electron chi connectivity index (χ0n) is 12.8. The van der Waals surface area contributed by atoms with Gasteiger partial charge < -0.3 is 4.74 Å². The van der Waals surface area contributed by atoms with Crippen molar-refractivity contribution in [2.45, 2.75) is 6.61 Å². The molecule has 3 aromatic rings. The van der Waals surface area contributed by atoms with Crippen LogP contribution in [0.15, 0.2) is 71.7 Å². The molecule has 0 N–H and O–H groups in total. The molecular weight excluding hydrogens is 305 g/mol. The monoisotopic (exact) mass is 319 g/mol. The number of terminal acetylenes is 1.